The molecule has 0 aliphatic carbocycles. The first-order chi connectivity index (χ1) is 15.9. The topological polar surface area (TPSA) is 93.1 Å². The molecule has 1 fully saturated rings. The first-order valence-electron chi connectivity index (χ1n) is 10.5. The molecule has 3 aromatic carbocycles. The van der Waals surface area contributed by atoms with Gasteiger partial charge in [-0.3, -0.25) is 4.79 Å². The second-order valence-electron chi connectivity index (χ2n) is 7.83. The van der Waals surface area contributed by atoms with Gasteiger partial charge in [-0.2, -0.15) is 0 Å². The van der Waals surface area contributed by atoms with E-state index in [9.17, 15) is 14.4 Å². The molecule has 1 heterocycles. The maximum Gasteiger partial charge on any atom is 0.337 e. The Morgan fingerprint density at radius 2 is 1.70 bits per heavy atom. The molecule has 7 nitrogen and oxygen atoms in total. The highest BCUT2D eigenvalue weighted by Crippen LogP contribution is 2.33. The van der Waals surface area contributed by atoms with Crippen molar-refractivity contribution in [3.8, 4) is 11.5 Å². The van der Waals surface area contributed by atoms with Gasteiger partial charge >= 0.3 is 11.9 Å². The highest BCUT2D eigenvalue weighted by molar-refractivity contribution is 5.90. The zero-order chi connectivity index (χ0) is 23.4. The Kier molecular flexibility index (Phi) is 6.40. The molecule has 0 saturated carbocycles. The van der Waals surface area contributed by atoms with Crippen LogP contribution in [0.2, 0.25) is 0 Å². The SMILES string of the molecule is COC(=O)c1ccc(CN2CC(c3ccccc3)CC2=O)c(Oc2ccc(C(=O)O)cc2)c1. The number of ether oxygens (including phenoxy) is 2. The molecule has 3 aromatic rings. The summed E-state index contributed by atoms with van der Waals surface area (Å²) in [4.78, 5) is 37.6. The van der Waals surface area contributed by atoms with Crippen LogP contribution in [0.3, 0.4) is 0 Å². The quantitative estimate of drug-likeness (QED) is 0.539. The molecule has 1 amide bonds. The zero-order valence-electron chi connectivity index (χ0n) is 18.1. The van der Waals surface area contributed by atoms with Gasteiger partial charge in [0.2, 0.25) is 5.91 Å². The van der Waals surface area contributed by atoms with E-state index in [4.69, 9.17) is 14.6 Å². The number of aromatic carboxylic acids is 1. The summed E-state index contributed by atoms with van der Waals surface area (Å²) in [6.07, 6.45) is 0.442. The van der Waals surface area contributed by atoms with Crippen molar-refractivity contribution in [1.29, 1.82) is 0 Å². The normalized spacial score (nSPS) is 15.4. The molecule has 1 unspecified atom stereocenters. The van der Waals surface area contributed by atoms with Crippen LogP contribution in [0.1, 0.15) is 44.2 Å². The lowest BCUT2D eigenvalue weighted by Crippen LogP contribution is -2.24. The number of benzene rings is 3. The van der Waals surface area contributed by atoms with Crippen LogP contribution in [-0.4, -0.2) is 41.5 Å². The van der Waals surface area contributed by atoms with E-state index in [-0.39, 0.29) is 17.4 Å². The Balaban J connectivity index is 1.58. The van der Waals surface area contributed by atoms with E-state index in [1.165, 1.54) is 19.2 Å². The smallest absolute Gasteiger partial charge is 0.337 e. The number of carboxylic acid groups (broad SMARTS) is 1. The monoisotopic (exact) mass is 445 g/mol. The highest BCUT2D eigenvalue weighted by Gasteiger charge is 2.31. The lowest BCUT2D eigenvalue weighted by Gasteiger charge is -2.20. The van der Waals surface area contributed by atoms with Gasteiger partial charge in [0, 0.05) is 31.0 Å². The van der Waals surface area contributed by atoms with Crippen molar-refractivity contribution < 1.29 is 29.0 Å². The van der Waals surface area contributed by atoms with Crippen LogP contribution in [0, 0.1) is 0 Å². The molecular weight excluding hydrogens is 422 g/mol. The van der Waals surface area contributed by atoms with Gasteiger partial charge in [-0.05, 0) is 42.0 Å². The lowest BCUT2D eigenvalue weighted by atomic mass is 9.98. The van der Waals surface area contributed by atoms with Crippen LogP contribution in [0.15, 0.2) is 72.8 Å². The molecule has 168 valence electrons. The zero-order valence-corrected chi connectivity index (χ0v) is 18.1. The first kappa shape index (κ1) is 22.1. The molecule has 33 heavy (non-hydrogen) atoms. The number of methoxy groups -OCH3 is 1. The fourth-order valence-corrected chi connectivity index (χ4v) is 3.90. The molecule has 0 aromatic heterocycles. The maximum absolute atomic E-state index is 12.7. The van der Waals surface area contributed by atoms with Crippen LogP contribution in [-0.2, 0) is 16.1 Å². The van der Waals surface area contributed by atoms with Crippen molar-refractivity contribution in [2.45, 2.75) is 18.9 Å². The molecule has 1 aliphatic rings. The van der Waals surface area contributed by atoms with E-state index >= 15 is 0 Å². The number of esters is 1. The Labute approximate surface area is 191 Å². The molecule has 1 saturated heterocycles. The molecule has 0 radical (unpaired) electrons. The Morgan fingerprint density at radius 1 is 1.00 bits per heavy atom. The van der Waals surface area contributed by atoms with Crippen molar-refractivity contribution in [2.75, 3.05) is 13.7 Å². The summed E-state index contributed by atoms with van der Waals surface area (Å²) in [6, 6.07) is 20.9. The number of carboxylic acids is 1. The summed E-state index contributed by atoms with van der Waals surface area (Å²) in [5, 5.41) is 9.09. The molecule has 1 N–H and O–H groups in total. The van der Waals surface area contributed by atoms with E-state index in [0.717, 1.165) is 11.1 Å². The molecular formula is C26H23NO6. The first-order valence-corrected chi connectivity index (χ1v) is 10.5. The molecule has 1 aliphatic heterocycles. The van der Waals surface area contributed by atoms with Crippen LogP contribution >= 0.6 is 0 Å². The Morgan fingerprint density at radius 3 is 2.36 bits per heavy atom. The van der Waals surface area contributed by atoms with Gasteiger partial charge < -0.3 is 19.5 Å². The van der Waals surface area contributed by atoms with Gasteiger partial charge in [0.1, 0.15) is 11.5 Å². The summed E-state index contributed by atoms with van der Waals surface area (Å²) in [7, 11) is 1.30. The summed E-state index contributed by atoms with van der Waals surface area (Å²) < 4.78 is 10.8. The second-order valence-corrected chi connectivity index (χ2v) is 7.83. The minimum absolute atomic E-state index is 0.0534. The van der Waals surface area contributed by atoms with Crippen LogP contribution < -0.4 is 4.74 Å². The Hall–Kier alpha value is -4.13. The number of carbonyl (C=O) groups is 3. The number of hydrogen-bond acceptors (Lipinski definition) is 5. The van der Waals surface area contributed by atoms with E-state index in [1.807, 2.05) is 30.3 Å². The van der Waals surface area contributed by atoms with Crippen molar-refractivity contribution in [3.05, 3.63) is 95.1 Å². The van der Waals surface area contributed by atoms with Gasteiger partial charge in [-0.25, -0.2) is 9.59 Å². The van der Waals surface area contributed by atoms with Crippen molar-refractivity contribution >= 4 is 17.8 Å². The van der Waals surface area contributed by atoms with Gasteiger partial charge in [-0.15, -0.1) is 0 Å². The second kappa shape index (κ2) is 9.56. The molecule has 7 heteroatoms. The number of rotatable bonds is 7. The van der Waals surface area contributed by atoms with Crippen LogP contribution in [0.4, 0.5) is 0 Å². The number of amides is 1. The van der Waals surface area contributed by atoms with E-state index in [2.05, 4.69) is 0 Å². The van der Waals surface area contributed by atoms with Gasteiger partial charge in [0.05, 0.1) is 18.2 Å². The van der Waals surface area contributed by atoms with Crippen molar-refractivity contribution in [3.63, 3.8) is 0 Å². The minimum Gasteiger partial charge on any atom is -0.478 e. The van der Waals surface area contributed by atoms with Gasteiger partial charge in [0.15, 0.2) is 0 Å². The fraction of sp³-hybridized carbons (Fsp3) is 0.192. The summed E-state index contributed by atoms with van der Waals surface area (Å²) in [5.74, 6) is -0.543. The highest BCUT2D eigenvalue weighted by atomic mass is 16.5. The predicted molar refractivity (Wildman–Crippen MR) is 120 cm³/mol. The van der Waals surface area contributed by atoms with Crippen molar-refractivity contribution in [1.82, 2.24) is 4.90 Å². The predicted octanol–water partition coefficient (Wildman–Crippen LogP) is 4.48. The molecule has 4 rings (SSSR count). The summed E-state index contributed by atoms with van der Waals surface area (Å²) in [6.45, 7) is 0.917. The maximum atomic E-state index is 12.7. The fourth-order valence-electron chi connectivity index (χ4n) is 3.90. The van der Waals surface area contributed by atoms with Crippen LogP contribution in [0.5, 0.6) is 11.5 Å². The van der Waals surface area contributed by atoms with Gasteiger partial charge in [0.25, 0.3) is 0 Å². The molecule has 1 atom stereocenters. The standard InChI is InChI=1S/C26H23NO6/c1-32-26(31)19-7-8-20(23(13-19)33-22-11-9-18(10-12-22)25(29)30)15-27-16-21(14-24(27)28)17-5-3-2-4-6-17/h2-13,21H,14-16H2,1H3,(H,29,30). The average Bonchev–Trinajstić information content (AvgIpc) is 3.20. The largest absolute Gasteiger partial charge is 0.478 e. The number of hydrogen-bond donors (Lipinski definition) is 1. The van der Waals surface area contributed by atoms with E-state index in [0.29, 0.717) is 36.6 Å². The van der Waals surface area contributed by atoms with E-state index < -0.39 is 11.9 Å². The lowest BCUT2D eigenvalue weighted by molar-refractivity contribution is -0.128. The third-order valence-corrected chi connectivity index (χ3v) is 5.66. The average molecular weight is 445 g/mol. The Bertz CT molecular complexity index is 1170. The van der Waals surface area contributed by atoms with Crippen molar-refractivity contribution in [2.24, 2.45) is 0 Å². The minimum atomic E-state index is -1.03. The van der Waals surface area contributed by atoms with E-state index in [1.54, 1.807) is 35.2 Å². The number of likely N-dealkylation sites (tertiary alicyclic amines) is 1. The number of carbonyl (C=O) groups excluding carboxylic acids is 2. The van der Waals surface area contributed by atoms with Gasteiger partial charge in [-0.1, -0.05) is 36.4 Å². The number of nitrogens with zero attached hydrogens (tertiary/aromatic N) is 1. The third kappa shape index (κ3) is 5.03. The summed E-state index contributed by atoms with van der Waals surface area (Å²) >= 11 is 0. The molecule has 0 bridgehead atoms. The van der Waals surface area contributed by atoms with Crippen LogP contribution in [0.25, 0.3) is 0 Å². The molecule has 0 spiro atoms. The summed E-state index contributed by atoms with van der Waals surface area (Å²) in [5.41, 5.74) is 2.31. The third-order valence-electron chi connectivity index (χ3n) is 5.66.